The molecule has 0 aromatic heterocycles. The molecule has 0 unspecified atom stereocenters. The average molecular weight is 326 g/mol. The van der Waals surface area contributed by atoms with E-state index in [1.165, 1.54) is 38.8 Å². The molecule has 0 radical (unpaired) electrons. The number of ether oxygens (including phenoxy) is 1. The lowest BCUT2D eigenvalue weighted by Gasteiger charge is -2.47. The van der Waals surface area contributed by atoms with Crippen LogP contribution in [-0.2, 0) is 4.74 Å². The Morgan fingerprint density at radius 1 is 0.696 bits per heavy atom. The molecule has 0 amide bonds. The van der Waals surface area contributed by atoms with E-state index in [1.54, 1.807) is 0 Å². The Labute approximate surface area is 146 Å². The second-order valence-corrected chi connectivity index (χ2v) is 10.5. The third kappa shape index (κ3) is 5.46. The van der Waals surface area contributed by atoms with E-state index in [4.69, 9.17) is 4.74 Å². The summed E-state index contributed by atoms with van der Waals surface area (Å²) in [5.74, 6) is 0. The highest BCUT2D eigenvalue weighted by Crippen LogP contribution is 2.46. The smallest absolute Gasteiger partial charge is 0.0471 e. The van der Waals surface area contributed by atoms with Gasteiger partial charge in [0.1, 0.15) is 0 Å². The molecular weight excluding hydrogens is 282 g/mol. The first-order chi connectivity index (χ1) is 10.3. The fraction of sp³-hybridized carbons (Fsp3) is 1.00. The Hall–Kier alpha value is -0.0800. The van der Waals surface area contributed by atoms with Gasteiger partial charge in [-0.05, 0) is 67.5 Å². The largest absolute Gasteiger partial charge is 0.381 e. The molecule has 23 heavy (non-hydrogen) atoms. The van der Waals surface area contributed by atoms with Crippen molar-refractivity contribution >= 4 is 0 Å². The molecule has 2 heteroatoms. The average Bonchev–Trinajstić information content (AvgIpc) is 2.41. The van der Waals surface area contributed by atoms with Crippen LogP contribution in [0.1, 0.15) is 81.1 Å². The van der Waals surface area contributed by atoms with Gasteiger partial charge in [0.2, 0.25) is 0 Å². The predicted octanol–water partition coefficient (Wildman–Crippen LogP) is 5.61. The van der Waals surface area contributed by atoms with Crippen LogP contribution in [0.4, 0.5) is 0 Å². The highest BCUT2D eigenvalue weighted by Gasteiger charge is 2.39. The molecule has 2 heterocycles. The van der Waals surface area contributed by atoms with Gasteiger partial charge in [-0.25, -0.2) is 0 Å². The van der Waals surface area contributed by atoms with Crippen molar-refractivity contribution in [3.63, 3.8) is 0 Å². The van der Waals surface area contributed by atoms with Gasteiger partial charge in [-0.3, -0.25) is 0 Å². The molecule has 0 bridgehead atoms. The van der Waals surface area contributed by atoms with Crippen LogP contribution in [0.25, 0.3) is 0 Å². The van der Waals surface area contributed by atoms with Crippen molar-refractivity contribution in [3.05, 3.63) is 0 Å². The Bertz CT molecular complexity index is 347. The number of piperidine rings is 1. The Morgan fingerprint density at radius 2 is 1.04 bits per heavy atom. The maximum Gasteiger partial charge on any atom is 0.0471 e. The predicted molar refractivity (Wildman–Crippen MR) is 102 cm³/mol. The zero-order chi connectivity index (χ0) is 17.9. The summed E-state index contributed by atoms with van der Waals surface area (Å²) in [5.41, 5.74) is 1.94. The van der Waals surface area contributed by atoms with Gasteiger partial charge in [0.05, 0.1) is 0 Å². The molecule has 0 saturated carbocycles. The van der Waals surface area contributed by atoms with Crippen LogP contribution in [0, 0.1) is 21.7 Å². The summed E-state index contributed by atoms with van der Waals surface area (Å²) < 4.78 is 5.36. The highest BCUT2D eigenvalue weighted by molar-refractivity contribution is 4.90. The van der Waals surface area contributed by atoms with E-state index in [0.717, 1.165) is 13.2 Å². The van der Waals surface area contributed by atoms with Crippen LogP contribution in [-0.4, -0.2) is 38.3 Å². The van der Waals surface area contributed by atoms with Crippen LogP contribution < -0.4 is 0 Å². The topological polar surface area (TPSA) is 12.5 Å². The highest BCUT2D eigenvalue weighted by atomic mass is 16.5. The molecule has 2 aliphatic rings. The second-order valence-electron chi connectivity index (χ2n) is 10.5. The van der Waals surface area contributed by atoms with Gasteiger partial charge in [0.15, 0.2) is 0 Å². The minimum atomic E-state index is 0.427. The number of hydrogen-bond acceptors (Lipinski definition) is 2. The van der Waals surface area contributed by atoms with Crippen molar-refractivity contribution in [2.75, 3.05) is 33.4 Å². The molecule has 138 valence electrons. The third-order valence-corrected chi connectivity index (χ3v) is 7.31. The summed E-state index contributed by atoms with van der Waals surface area (Å²) in [6.45, 7) is 23.4. The van der Waals surface area contributed by atoms with Gasteiger partial charge in [-0.2, -0.15) is 0 Å². The van der Waals surface area contributed by atoms with Gasteiger partial charge >= 0.3 is 0 Å². The van der Waals surface area contributed by atoms with Gasteiger partial charge in [0, 0.05) is 13.2 Å². The number of nitrogens with zero attached hydrogens (tertiary/aromatic N) is 1. The normalized spacial score (nSPS) is 25.4. The Morgan fingerprint density at radius 3 is 1.35 bits per heavy atom. The summed E-state index contributed by atoms with van der Waals surface area (Å²) in [7, 11) is 2.22. The number of rotatable bonds is 0. The summed E-state index contributed by atoms with van der Waals surface area (Å²) >= 11 is 0. The van der Waals surface area contributed by atoms with E-state index in [-0.39, 0.29) is 0 Å². The van der Waals surface area contributed by atoms with E-state index in [2.05, 4.69) is 67.3 Å². The SMILES string of the molecule is CC(C)(C)C1(C)CCOCC1.CN1CCC(C)(C(C)(C)C)CC1. The van der Waals surface area contributed by atoms with Crippen molar-refractivity contribution in [1.82, 2.24) is 4.90 Å². The van der Waals surface area contributed by atoms with Gasteiger partial charge in [-0.1, -0.05) is 55.4 Å². The number of hydrogen-bond donors (Lipinski definition) is 0. The van der Waals surface area contributed by atoms with Crippen LogP contribution in [0.2, 0.25) is 0 Å². The maximum atomic E-state index is 5.36. The molecule has 0 aliphatic carbocycles. The first kappa shape index (κ1) is 21.0. The maximum absolute atomic E-state index is 5.36. The molecular formula is C21H43NO. The van der Waals surface area contributed by atoms with Crippen molar-refractivity contribution < 1.29 is 4.74 Å². The van der Waals surface area contributed by atoms with Crippen molar-refractivity contribution in [1.29, 1.82) is 0 Å². The molecule has 0 N–H and O–H groups in total. The van der Waals surface area contributed by atoms with E-state index >= 15 is 0 Å². The van der Waals surface area contributed by atoms with Crippen molar-refractivity contribution in [3.8, 4) is 0 Å². The van der Waals surface area contributed by atoms with E-state index in [1.807, 2.05) is 0 Å². The molecule has 2 fully saturated rings. The summed E-state index contributed by atoms with van der Waals surface area (Å²) in [6, 6.07) is 0. The quantitative estimate of drug-likeness (QED) is 0.573. The van der Waals surface area contributed by atoms with Crippen molar-refractivity contribution in [2.24, 2.45) is 21.7 Å². The molecule has 2 aliphatic heterocycles. The molecule has 0 aromatic rings. The zero-order valence-corrected chi connectivity index (χ0v) is 17.5. The lowest BCUT2D eigenvalue weighted by Crippen LogP contribution is -2.43. The van der Waals surface area contributed by atoms with Gasteiger partial charge < -0.3 is 9.64 Å². The van der Waals surface area contributed by atoms with E-state index in [0.29, 0.717) is 21.7 Å². The summed E-state index contributed by atoms with van der Waals surface area (Å²) in [4.78, 5) is 2.44. The standard InChI is InChI=1S/C11H23N.C10H20O/c1-10(2,3)11(4)6-8-12(5)9-7-11;1-9(2,3)10(4)5-7-11-8-6-10/h6-9H2,1-5H3;5-8H2,1-4H3. The molecule has 2 saturated heterocycles. The Kier molecular flexibility index (Phi) is 6.78. The second kappa shape index (κ2) is 7.44. The molecule has 0 aromatic carbocycles. The molecule has 2 rings (SSSR count). The first-order valence-corrected chi connectivity index (χ1v) is 9.57. The van der Waals surface area contributed by atoms with Crippen LogP contribution >= 0.6 is 0 Å². The van der Waals surface area contributed by atoms with Crippen LogP contribution in [0.15, 0.2) is 0 Å². The van der Waals surface area contributed by atoms with Crippen molar-refractivity contribution in [2.45, 2.75) is 81.1 Å². The lowest BCUT2D eigenvalue weighted by molar-refractivity contribution is -0.0342. The third-order valence-electron chi connectivity index (χ3n) is 7.31. The Balaban J connectivity index is 0.000000231. The van der Waals surface area contributed by atoms with E-state index < -0.39 is 0 Å². The molecule has 0 atom stereocenters. The van der Waals surface area contributed by atoms with Crippen LogP contribution in [0.3, 0.4) is 0 Å². The fourth-order valence-corrected chi connectivity index (χ4v) is 3.43. The van der Waals surface area contributed by atoms with Gasteiger partial charge in [0.25, 0.3) is 0 Å². The van der Waals surface area contributed by atoms with E-state index in [9.17, 15) is 0 Å². The lowest BCUT2D eigenvalue weighted by atomic mass is 9.63. The molecule has 0 spiro atoms. The minimum Gasteiger partial charge on any atom is -0.381 e. The monoisotopic (exact) mass is 325 g/mol. The zero-order valence-electron chi connectivity index (χ0n) is 17.5. The minimum absolute atomic E-state index is 0.427. The molecule has 2 nitrogen and oxygen atoms in total. The summed E-state index contributed by atoms with van der Waals surface area (Å²) in [6.07, 6.45) is 5.15. The summed E-state index contributed by atoms with van der Waals surface area (Å²) in [5, 5.41) is 0. The van der Waals surface area contributed by atoms with Crippen LogP contribution in [0.5, 0.6) is 0 Å². The first-order valence-electron chi connectivity index (χ1n) is 9.57. The van der Waals surface area contributed by atoms with Gasteiger partial charge in [-0.15, -0.1) is 0 Å². The number of likely N-dealkylation sites (tertiary alicyclic amines) is 1. The fourth-order valence-electron chi connectivity index (χ4n) is 3.43.